The minimum Gasteiger partial charge on any atom is -0.481 e. The Morgan fingerprint density at radius 2 is 1.74 bits per heavy atom. The van der Waals surface area contributed by atoms with E-state index in [0.29, 0.717) is 5.56 Å². The molecule has 1 N–H and O–H groups in total. The molecular formula is C13H14O5S. The van der Waals surface area contributed by atoms with Crippen LogP contribution >= 0.6 is 0 Å². The molecule has 1 aromatic rings. The Kier molecular flexibility index (Phi) is 5.00. The summed E-state index contributed by atoms with van der Waals surface area (Å²) in [6.45, 7) is 3.37. The standard InChI is InChI=1S/C13H14O5S/c1-2-9-19(17,18)11-5-3-10(4-6-11)12(14)7-8-13(15)16/h2-6H,1,7-9H2,(H,15,16). The van der Waals surface area contributed by atoms with Gasteiger partial charge in [0.2, 0.25) is 0 Å². The van der Waals surface area contributed by atoms with Crippen molar-refractivity contribution in [1.82, 2.24) is 0 Å². The third-order valence-corrected chi connectivity index (χ3v) is 4.10. The number of carbonyl (C=O) groups is 2. The summed E-state index contributed by atoms with van der Waals surface area (Å²) >= 11 is 0. The van der Waals surface area contributed by atoms with Crippen LogP contribution in [0.15, 0.2) is 41.8 Å². The van der Waals surface area contributed by atoms with Crippen molar-refractivity contribution in [3.05, 3.63) is 42.5 Å². The van der Waals surface area contributed by atoms with Crippen molar-refractivity contribution in [3.8, 4) is 0 Å². The summed E-state index contributed by atoms with van der Waals surface area (Å²) in [4.78, 5) is 22.1. The first-order chi connectivity index (χ1) is 8.86. The van der Waals surface area contributed by atoms with Crippen LogP contribution in [0.5, 0.6) is 0 Å². The Morgan fingerprint density at radius 3 is 2.21 bits per heavy atom. The van der Waals surface area contributed by atoms with Gasteiger partial charge in [-0.2, -0.15) is 0 Å². The second-order valence-electron chi connectivity index (χ2n) is 3.91. The number of carbonyl (C=O) groups excluding carboxylic acids is 1. The van der Waals surface area contributed by atoms with Crippen molar-refractivity contribution in [2.75, 3.05) is 5.75 Å². The van der Waals surface area contributed by atoms with Crippen LogP contribution in [0.3, 0.4) is 0 Å². The Morgan fingerprint density at radius 1 is 1.16 bits per heavy atom. The fourth-order valence-electron chi connectivity index (χ4n) is 1.46. The van der Waals surface area contributed by atoms with Gasteiger partial charge in [-0.15, -0.1) is 6.58 Å². The molecule has 6 heteroatoms. The van der Waals surface area contributed by atoms with Gasteiger partial charge in [-0.1, -0.05) is 18.2 Å². The number of Topliss-reactive ketones (excluding diaryl/α,β-unsaturated/α-hetero) is 1. The van der Waals surface area contributed by atoms with E-state index in [1.807, 2.05) is 0 Å². The Labute approximate surface area is 111 Å². The largest absolute Gasteiger partial charge is 0.481 e. The van der Waals surface area contributed by atoms with Gasteiger partial charge in [-0.3, -0.25) is 9.59 Å². The van der Waals surface area contributed by atoms with E-state index < -0.39 is 15.8 Å². The van der Waals surface area contributed by atoms with Gasteiger partial charge in [0.25, 0.3) is 0 Å². The van der Waals surface area contributed by atoms with Gasteiger partial charge in [-0.25, -0.2) is 8.42 Å². The maximum Gasteiger partial charge on any atom is 0.303 e. The summed E-state index contributed by atoms with van der Waals surface area (Å²) in [5.74, 6) is -1.53. The summed E-state index contributed by atoms with van der Waals surface area (Å²) in [7, 11) is -3.40. The van der Waals surface area contributed by atoms with Crippen molar-refractivity contribution >= 4 is 21.6 Å². The summed E-state index contributed by atoms with van der Waals surface area (Å²) in [5.41, 5.74) is 0.304. The van der Waals surface area contributed by atoms with Crippen LogP contribution in [0.1, 0.15) is 23.2 Å². The molecule has 1 aromatic carbocycles. The molecular weight excluding hydrogens is 268 g/mol. The zero-order valence-electron chi connectivity index (χ0n) is 10.2. The zero-order chi connectivity index (χ0) is 14.5. The van der Waals surface area contributed by atoms with Crippen LogP contribution in [-0.2, 0) is 14.6 Å². The van der Waals surface area contributed by atoms with Crippen LogP contribution in [-0.4, -0.2) is 31.0 Å². The summed E-state index contributed by atoms with van der Waals surface area (Å²) in [6.07, 6.45) is 0.949. The Hall–Kier alpha value is -1.95. The van der Waals surface area contributed by atoms with Gasteiger partial charge in [-0.05, 0) is 12.1 Å². The molecule has 1 rings (SSSR count). The van der Waals surface area contributed by atoms with Crippen molar-refractivity contribution < 1.29 is 23.1 Å². The average molecular weight is 282 g/mol. The van der Waals surface area contributed by atoms with E-state index in [1.165, 1.54) is 30.3 Å². The maximum absolute atomic E-state index is 11.7. The van der Waals surface area contributed by atoms with Gasteiger partial charge in [0.05, 0.1) is 17.1 Å². The molecule has 0 spiro atoms. The molecule has 0 heterocycles. The molecule has 0 aliphatic rings. The van der Waals surface area contributed by atoms with Crippen LogP contribution in [0.25, 0.3) is 0 Å². The molecule has 0 atom stereocenters. The normalized spacial score (nSPS) is 10.9. The third kappa shape index (κ3) is 4.33. The number of aliphatic carboxylic acids is 1. The van der Waals surface area contributed by atoms with Crippen molar-refractivity contribution in [2.24, 2.45) is 0 Å². The van der Waals surface area contributed by atoms with Gasteiger partial charge in [0, 0.05) is 12.0 Å². The molecule has 5 nitrogen and oxygen atoms in total. The minimum atomic E-state index is -3.40. The highest BCUT2D eigenvalue weighted by Crippen LogP contribution is 2.14. The summed E-state index contributed by atoms with van der Waals surface area (Å²) < 4.78 is 23.4. The number of carboxylic acids is 1. The minimum absolute atomic E-state index is 0.103. The molecule has 0 aromatic heterocycles. The number of sulfone groups is 1. The highest BCUT2D eigenvalue weighted by molar-refractivity contribution is 7.91. The van der Waals surface area contributed by atoms with Crippen LogP contribution < -0.4 is 0 Å². The van der Waals surface area contributed by atoms with E-state index in [-0.39, 0.29) is 29.3 Å². The second-order valence-corrected chi connectivity index (χ2v) is 5.95. The van der Waals surface area contributed by atoms with E-state index in [0.717, 1.165) is 0 Å². The van der Waals surface area contributed by atoms with Crippen LogP contribution in [0, 0.1) is 0 Å². The highest BCUT2D eigenvalue weighted by Gasteiger charge is 2.14. The summed E-state index contributed by atoms with van der Waals surface area (Å²) in [6, 6.07) is 5.46. The molecule has 0 radical (unpaired) electrons. The predicted octanol–water partition coefficient (Wildman–Crippen LogP) is 1.69. The number of ketones is 1. The van der Waals surface area contributed by atoms with E-state index >= 15 is 0 Å². The number of rotatable bonds is 7. The SMILES string of the molecule is C=CCS(=O)(=O)c1ccc(C(=O)CCC(=O)O)cc1. The average Bonchev–Trinajstić information content (AvgIpc) is 2.36. The zero-order valence-corrected chi connectivity index (χ0v) is 11.0. The molecule has 0 aliphatic carbocycles. The molecule has 0 bridgehead atoms. The van der Waals surface area contributed by atoms with Crippen molar-refractivity contribution in [2.45, 2.75) is 17.7 Å². The fraction of sp³-hybridized carbons (Fsp3) is 0.231. The van der Waals surface area contributed by atoms with Gasteiger partial charge < -0.3 is 5.11 Å². The lowest BCUT2D eigenvalue weighted by Crippen LogP contribution is -2.06. The van der Waals surface area contributed by atoms with Crippen molar-refractivity contribution in [1.29, 1.82) is 0 Å². The summed E-state index contributed by atoms with van der Waals surface area (Å²) in [5, 5.41) is 8.48. The molecule has 0 aliphatic heterocycles. The number of benzene rings is 1. The first kappa shape index (κ1) is 15.1. The van der Waals surface area contributed by atoms with E-state index in [9.17, 15) is 18.0 Å². The number of hydrogen-bond acceptors (Lipinski definition) is 4. The molecule has 19 heavy (non-hydrogen) atoms. The number of hydrogen-bond donors (Lipinski definition) is 1. The van der Waals surface area contributed by atoms with E-state index in [4.69, 9.17) is 5.11 Å². The molecule has 102 valence electrons. The second kappa shape index (κ2) is 6.29. The molecule has 0 unspecified atom stereocenters. The predicted molar refractivity (Wildman–Crippen MR) is 69.9 cm³/mol. The monoisotopic (exact) mass is 282 g/mol. The van der Waals surface area contributed by atoms with Gasteiger partial charge in [0.15, 0.2) is 15.6 Å². The lowest BCUT2D eigenvalue weighted by Gasteiger charge is -2.03. The molecule has 0 fully saturated rings. The molecule has 0 saturated heterocycles. The fourth-order valence-corrected chi connectivity index (χ4v) is 2.52. The molecule has 0 saturated carbocycles. The highest BCUT2D eigenvalue weighted by atomic mass is 32.2. The molecule has 0 amide bonds. The maximum atomic E-state index is 11.7. The van der Waals surface area contributed by atoms with Gasteiger partial charge in [0.1, 0.15) is 0 Å². The van der Waals surface area contributed by atoms with Crippen LogP contribution in [0.2, 0.25) is 0 Å². The quantitative estimate of drug-likeness (QED) is 0.607. The number of carboxylic acid groups (broad SMARTS) is 1. The Bertz CT molecular complexity index is 584. The topological polar surface area (TPSA) is 88.5 Å². The van der Waals surface area contributed by atoms with Crippen LogP contribution in [0.4, 0.5) is 0 Å². The lowest BCUT2D eigenvalue weighted by atomic mass is 10.1. The van der Waals surface area contributed by atoms with E-state index in [2.05, 4.69) is 6.58 Å². The third-order valence-electron chi connectivity index (χ3n) is 2.44. The van der Waals surface area contributed by atoms with E-state index in [1.54, 1.807) is 0 Å². The smallest absolute Gasteiger partial charge is 0.303 e. The van der Waals surface area contributed by atoms with Crippen molar-refractivity contribution in [3.63, 3.8) is 0 Å². The first-order valence-electron chi connectivity index (χ1n) is 5.55. The van der Waals surface area contributed by atoms with Gasteiger partial charge >= 0.3 is 5.97 Å². The Balaban J connectivity index is 2.85. The lowest BCUT2D eigenvalue weighted by molar-refractivity contribution is -0.136. The first-order valence-corrected chi connectivity index (χ1v) is 7.21.